The van der Waals surface area contributed by atoms with Crippen molar-refractivity contribution in [3.05, 3.63) is 39.8 Å². The highest BCUT2D eigenvalue weighted by Crippen LogP contribution is 2.31. The standard InChI is InChI=1S/C20H24BrN3O3S2/c1-2-27-18(25)17(28)16-11-22-19(29-16)23-20(26)24(12-13-6-3-4-7-13)15-9-5-8-14(21)10-15/h5,8-11,13,17,28H,2-4,6-7,12H2,1H3,(H,22,23,26). The van der Waals surface area contributed by atoms with Gasteiger partial charge in [-0.2, -0.15) is 12.6 Å². The van der Waals surface area contributed by atoms with E-state index >= 15 is 0 Å². The van der Waals surface area contributed by atoms with E-state index in [1.807, 2.05) is 24.3 Å². The molecule has 9 heteroatoms. The minimum Gasteiger partial charge on any atom is -0.465 e. The van der Waals surface area contributed by atoms with Gasteiger partial charge < -0.3 is 4.74 Å². The molecule has 0 radical (unpaired) electrons. The number of benzene rings is 1. The van der Waals surface area contributed by atoms with Crippen molar-refractivity contribution >= 4 is 62.7 Å². The Morgan fingerprint density at radius 3 is 2.86 bits per heavy atom. The lowest BCUT2D eigenvalue weighted by Gasteiger charge is -2.26. The maximum atomic E-state index is 13.1. The summed E-state index contributed by atoms with van der Waals surface area (Å²) in [5.74, 6) is 0.0755. The lowest BCUT2D eigenvalue weighted by atomic mass is 10.1. The second kappa shape index (κ2) is 10.4. The van der Waals surface area contributed by atoms with Gasteiger partial charge in [-0.25, -0.2) is 9.78 Å². The molecule has 0 spiro atoms. The van der Waals surface area contributed by atoms with Gasteiger partial charge in [-0.05, 0) is 43.9 Å². The maximum absolute atomic E-state index is 13.1. The van der Waals surface area contributed by atoms with Crippen LogP contribution in [0.2, 0.25) is 0 Å². The van der Waals surface area contributed by atoms with E-state index in [9.17, 15) is 9.59 Å². The van der Waals surface area contributed by atoms with Crippen molar-refractivity contribution in [3.63, 3.8) is 0 Å². The number of hydrogen-bond acceptors (Lipinski definition) is 6. The zero-order valence-electron chi connectivity index (χ0n) is 16.1. The largest absolute Gasteiger partial charge is 0.465 e. The van der Waals surface area contributed by atoms with Crippen molar-refractivity contribution in [2.45, 2.75) is 37.9 Å². The van der Waals surface area contributed by atoms with E-state index < -0.39 is 11.2 Å². The molecule has 1 saturated carbocycles. The van der Waals surface area contributed by atoms with Gasteiger partial charge in [0, 0.05) is 22.9 Å². The summed E-state index contributed by atoms with van der Waals surface area (Å²) in [6.45, 7) is 2.71. The summed E-state index contributed by atoms with van der Waals surface area (Å²) in [6.07, 6.45) is 6.26. The van der Waals surface area contributed by atoms with Gasteiger partial charge in [0.2, 0.25) is 0 Å². The third-order valence-corrected chi connectivity index (χ3v) is 6.93. The Morgan fingerprint density at radius 2 is 2.17 bits per heavy atom. The number of nitrogens with zero attached hydrogens (tertiary/aromatic N) is 2. The summed E-state index contributed by atoms with van der Waals surface area (Å²) in [5, 5.41) is 2.59. The molecule has 0 aliphatic heterocycles. The van der Waals surface area contributed by atoms with E-state index in [2.05, 4.69) is 38.9 Å². The van der Waals surface area contributed by atoms with Crippen molar-refractivity contribution in [3.8, 4) is 0 Å². The maximum Gasteiger partial charge on any atom is 0.328 e. The Bertz CT molecular complexity index is 855. The van der Waals surface area contributed by atoms with E-state index in [1.165, 1.54) is 24.2 Å². The van der Waals surface area contributed by atoms with Crippen LogP contribution in [-0.4, -0.2) is 30.1 Å². The fraction of sp³-hybridized carbons (Fsp3) is 0.450. The summed E-state index contributed by atoms with van der Waals surface area (Å²) in [6, 6.07) is 7.48. The van der Waals surface area contributed by atoms with Gasteiger partial charge in [-0.3, -0.25) is 15.0 Å². The SMILES string of the molecule is CCOC(=O)C(S)c1cnc(NC(=O)N(CC2CCCC2)c2cccc(Br)c2)s1. The van der Waals surface area contributed by atoms with Crippen molar-refractivity contribution < 1.29 is 14.3 Å². The first-order valence-corrected chi connectivity index (χ1v) is 11.7. The number of carbonyl (C=O) groups excluding carboxylic acids is 2. The molecule has 3 rings (SSSR count). The summed E-state index contributed by atoms with van der Waals surface area (Å²) in [7, 11) is 0. The van der Waals surface area contributed by atoms with Crippen LogP contribution in [0.5, 0.6) is 0 Å². The van der Waals surface area contributed by atoms with Crippen LogP contribution >= 0.6 is 39.9 Å². The minimum atomic E-state index is -0.710. The van der Waals surface area contributed by atoms with E-state index in [0.29, 0.717) is 29.1 Å². The number of amides is 2. The molecular formula is C20H24BrN3O3S2. The Hall–Kier alpha value is -1.58. The fourth-order valence-electron chi connectivity index (χ4n) is 3.37. The van der Waals surface area contributed by atoms with Crippen molar-refractivity contribution in [1.82, 2.24) is 4.98 Å². The molecule has 29 heavy (non-hydrogen) atoms. The van der Waals surface area contributed by atoms with E-state index in [4.69, 9.17) is 4.74 Å². The number of aromatic nitrogens is 1. The molecule has 156 valence electrons. The normalized spacial score (nSPS) is 15.1. The molecule has 1 aromatic carbocycles. The molecule has 1 N–H and O–H groups in total. The molecule has 1 heterocycles. The third kappa shape index (κ3) is 5.96. The molecular weight excluding hydrogens is 474 g/mol. The molecule has 1 fully saturated rings. The number of ether oxygens (including phenoxy) is 1. The average Bonchev–Trinajstić information content (AvgIpc) is 3.37. The highest BCUT2D eigenvalue weighted by Gasteiger charge is 2.25. The minimum absolute atomic E-state index is 0.234. The first kappa shape index (κ1) is 22.1. The van der Waals surface area contributed by atoms with Crippen LogP contribution in [0.15, 0.2) is 34.9 Å². The second-order valence-electron chi connectivity index (χ2n) is 6.89. The molecule has 1 unspecified atom stereocenters. The van der Waals surface area contributed by atoms with Crippen LogP contribution in [0.3, 0.4) is 0 Å². The topological polar surface area (TPSA) is 71.5 Å². The van der Waals surface area contributed by atoms with Crippen LogP contribution in [0.1, 0.15) is 42.7 Å². The smallest absolute Gasteiger partial charge is 0.328 e. The molecule has 1 aromatic heterocycles. The zero-order chi connectivity index (χ0) is 20.8. The number of urea groups is 1. The summed E-state index contributed by atoms with van der Waals surface area (Å²) in [5.41, 5.74) is 0.833. The molecule has 0 bridgehead atoms. The molecule has 6 nitrogen and oxygen atoms in total. The highest BCUT2D eigenvalue weighted by atomic mass is 79.9. The van der Waals surface area contributed by atoms with Crippen LogP contribution in [-0.2, 0) is 9.53 Å². The van der Waals surface area contributed by atoms with Crippen molar-refractivity contribution in [2.24, 2.45) is 5.92 Å². The fourth-order valence-corrected chi connectivity index (χ4v) is 4.83. The number of halogens is 1. The number of anilines is 2. The quantitative estimate of drug-likeness (QED) is 0.381. The number of esters is 1. The predicted octanol–water partition coefficient (Wildman–Crippen LogP) is 5.67. The van der Waals surface area contributed by atoms with Gasteiger partial charge in [-0.1, -0.05) is 46.2 Å². The molecule has 2 aromatic rings. The highest BCUT2D eigenvalue weighted by molar-refractivity contribution is 9.10. The Balaban J connectivity index is 1.73. The Kier molecular flexibility index (Phi) is 7.97. The number of carbonyl (C=O) groups is 2. The lowest BCUT2D eigenvalue weighted by molar-refractivity contribution is -0.142. The summed E-state index contributed by atoms with van der Waals surface area (Å²) in [4.78, 5) is 31.6. The van der Waals surface area contributed by atoms with E-state index in [0.717, 1.165) is 23.0 Å². The number of hydrogen-bond donors (Lipinski definition) is 2. The number of nitrogens with one attached hydrogen (secondary N) is 1. The number of thiazole rings is 1. The summed E-state index contributed by atoms with van der Waals surface area (Å²) < 4.78 is 5.91. The third-order valence-electron chi connectivity index (χ3n) is 4.80. The lowest BCUT2D eigenvalue weighted by Crippen LogP contribution is -2.38. The Morgan fingerprint density at radius 1 is 1.41 bits per heavy atom. The molecule has 1 aliphatic rings. The summed E-state index contributed by atoms with van der Waals surface area (Å²) >= 11 is 9.02. The van der Waals surface area contributed by atoms with Gasteiger partial charge in [-0.15, -0.1) is 0 Å². The zero-order valence-corrected chi connectivity index (χ0v) is 19.4. The molecule has 0 saturated heterocycles. The molecule has 2 amide bonds. The first-order chi connectivity index (χ1) is 14.0. The second-order valence-corrected chi connectivity index (χ2v) is 9.39. The monoisotopic (exact) mass is 497 g/mol. The van der Waals surface area contributed by atoms with Crippen molar-refractivity contribution in [1.29, 1.82) is 0 Å². The Labute approximate surface area is 188 Å². The first-order valence-electron chi connectivity index (χ1n) is 9.62. The van der Waals surface area contributed by atoms with Gasteiger partial charge in [0.15, 0.2) is 5.13 Å². The van der Waals surface area contributed by atoms with Crippen LogP contribution in [0.4, 0.5) is 15.6 Å². The average molecular weight is 498 g/mol. The van der Waals surface area contributed by atoms with Gasteiger partial charge in [0.25, 0.3) is 0 Å². The number of rotatable bonds is 7. The van der Waals surface area contributed by atoms with Gasteiger partial charge >= 0.3 is 12.0 Å². The van der Waals surface area contributed by atoms with Crippen LogP contribution in [0.25, 0.3) is 0 Å². The van der Waals surface area contributed by atoms with E-state index in [-0.39, 0.29) is 6.03 Å². The van der Waals surface area contributed by atoms with Crippen LogP contribution < -0.4 is 10.2 Å². The van der Waals surface area contributed by atoms with Crippen molar-refractivity contribution in [2.75, 3.05) is 23.4 Å². The van der Waals surface area contributed by atoms with Crippen LogP contribution in [0, 0.1) is 5.92 Å². The van der Waals surface area contributed by atoms with E-state index in [1.54, 1.807) is 18.0 Å². The number of thiol groups is 1. The predicted molar refractivity (Wildman–Crippen MR) is 123 cm³/mol. The molecule has 1 aliphatic carbocycles. The van der Waals surface area contributed by atoms with Gasteiger partial charge in [0.05, 0.1) is 11.5 Å². The van der Waals surface area contributed by atoms with Gasteiger partial charge in [0.1, 0.15) is 5.25 Å². The molecule has 1 atom stereocenters.